The quantitative estimate of drug-likeness (QED) is 0.596. The van der Waals surface area contributed by atoms with Crippen LogP contribution in [-0.4, -0.2) is 33.0 Å². The minimum absolute atomic E-state index is 0.211. The van der Waals surface area contributed by atoms with Crippen LogP contribution in [0.5, 0.6) is 11.5 Å². The molecule has 0 aliphatic rings. The number of hydrogen-bond donors (Lipinski definition) is 4. The number of aromatic hydroxyl groups is 2. The summed E-state index contributed by atoms with van der Waals surface area (Å²) < 4.78 is 0. The highest BCUT2D eigenvalue weighted by Crippen LogP contribution is 2.32. The van der Waals surface area contributed by atoms with Crippen LogP contribution >= 0.6 is 0 Å². The Morgan fingerprint density at radius 2 is 1.93 bits per heavy atom. The van der Waals surface area contributed by atoms with Gasteiger partial charge in [-0.3, -0.25) is 0 Å². The Morgan fingerprint density at radius 1 is 1.33 bits per heavy atom. The van der Waals surface area contributed by atoms with Crippen molar-refractivity contribution >= 4 is 5.97 Å². The predicted octanol–water partition coefficient (Wildman–Crippen LogP) is 0.892. The van der Waals surface area contributed by atoms with Crippen LogP contribution in [0.2, 0.25) is 0 Å². The second-order valence-electron chi connectivity index (χ2n) is 3.32. The Labute approximate surface area is 86.2 Å². The lowest BCUT2D eigenvalue weighted by atomic mass is 9.98. The summed E-state index contributed by atoms with van der Waals surface area (Å²) in [7, 11) is 0. The molecule has 0 amide bonds. The second kappa shape index (κ2) is 4.18. The van der Waals surface area contributed by atoms with Crippen molar-refractivity contribution in [3.8, 4) is 11.5 Å². The van der Waals surface area contributed by atoms with E-state index in [2.05, 4.69) is 0 Å². The van der Waals surface area contributed by atoms with E-state index < -0.39 is 11.7 Å². The summed E-state index contributed by atoms with van der Waals surface area (Å²) in [6, 6.07) is 2.12. The molecule has 0 radical (unpaired) electrons. The first-order chi connectivity index (χ1) is 6.97. The molecule has 15 heavy (non-hydrogen) atoms. The van der Waals surface area contributed by atoms with Gasteiger partial charge in [0.15, 0.2) is 0 Å². The molecule has 1 unspecified atom stereocenters. The van der Waals surface area contributed by atoms with Crippen molar-refractivity contribution in [2.75, 3.05) is 6.61 Å². The molecular weight excluding hydrogens is 200 g/mol. The average Bonchev–Trinajstić information content (AvgIpc) is 2.16. The van der Waals surface area contributed by atoms with E-state index >= 15 is 0 Å². The summed E-state index contributed by atoms with van der Waals surface area (Å²) in [6.07, 6.45) is 0. The monoisotopic (exact) mass is 212 g/mol. The molecule has 0 spiro atoms. The minimum Gasteiger partial charge on any atom is -0.508 e. The first-order valence-electron chi connectivity index (χ1n) is 4.37. The fourth-order valence-corrected chi connectivity index (χ4v) is 1.26. The summed E-state index contributed by atoms with van der Waals surface area (Å²) in [5.41, 5.74) is 0.0100. The lowest BCUT2D eigenvalue weighted by Gasteiger charge is -2.12. The molecule has 1 atom stereocenters. The van der Waals surface area contributed by atoms with Gasteiger partial charge < -0.3 is 20.4 Å². The normalized spacial score (nSPS) is 12.4. The number of aliphatic hydroxyl groups is 1. The molecule has 0 saturated heterocycles. The summed E-state index contributed by atoms with van der Waals surface area (Å²) in [5, 5.41) is 36.3. The number of carbonyl (C=O) groups is 1. The number of phenols is 2. The van der Waals surface area contributed by atoms with E-state index in [0.29, 0.717) is 5.56 Å². The standard InChI is InChI=1S/C10H12O5/c1-5(4-11)6-2-7(10(14)15)9(13)3-8(6)12/h2-3,5,11-13H,4H2,1H3,(H,14,15). The Bertz CT molecular complexity index is 386. The summed E-state index contributed by atoms with van der Waals surface area (Å²) >= 11 is 0. The number of carboxylic acids is 1. The topological polar surface area (TPSA) is 98.0 Å². The molecule has 0 aliphatic carbocycles. The molecule has 5 heteroatoms. The number of phenolic OH excluding ortho intramolecular Hbond substituents is 1. The van der Waals surface area contributed by atoms with Gasteiger partial charge in [0.1, 0.15) is 17.1 Å². The Hall–Kier alpha value is -1.75. The van der Waals surface area contributed by atoms with E-state index in [9.17, 15) is 15.0 Å². The second-order valence-corrected chi connectivity index (χ2v) is 3.32. The number of benzene rings is 1. The molecule has 82 valence electrons. The van der Waals surface area contributed by atoms with Gasteiger partial charge in [0.05, 0.1) is 0 Å². The molecule has 1 aromatic rings. The molecule has 0 saturated carbocycles. The van der Waals surface area contributed by atoms with Crippen molar-refractivity contribution in [1.82, 2.24) is 0 Å². The highest BCUT2D eigenvalue weighted by Gasteiger charge is 2.17. The lowest BCUT2D eigenvalue weighted by molar-refractivity contribution is 0.0693. The summed E-state index contributed by atoms with van der Waals surface area (Å²) in [5.74, 6) is -2.38. The summed E-state index contributed by atoms with van der Waals surface area (Å²) in [4.78, 5) is 10.7. The fourth-order valence-electron chi connectivity index (χ4n) is 1.26. The molecule has 0 heterocycles. The Balaban J connectivity index is 3.29. The maximum atomic E-state index is 10.7. The van der Waals surface area contributed by atoms with E-state index in [1.807, 2.05) is 0 Å². The lowest BCUT2D eigenvalue weighted by Crippen LogP contribution is -2.03. The Kier molecular flexibility index (Phi) is 3.16. The Morgan fingerprint density at radius 3 is 2.40 bits per heavy atom. The van der Waals surface area contributed by atoms with Crippen molar-refractivity contribution in [1.29, 1.82) is 0 Å². The first kappa shape index (κ1) is 11.3. The van der Waals surface area contributed by atoms with Crippen LogP contribution in [0.15, 0.2) is 12.1 Å². The van der Waals surface area contributed by atoms with E-state index in [4.69, 9.17) is 10.2 Å². The largest absolute Gasteiger partial charge is 0.508 e. The van der Waals surface area contributed by atoms with Crippen LogP contribution in [0.1, 0.15) is 28.8 Å². The fraction of sp³-hybridized carbons (Fsp3) is 0.300. The van der Waals surface area contributed by atoms with Gasteiger partial charge in [-0.2, -0.15) is 0 Å². The zero-order valence-corrected chi connectivity index (χ0v) is 8.14. The maximum absolute atomic E-state index is 10.7. The molecule has 0 aromatic heterocycles. The molecule has 0 bridgehead atoms. The molecule has 1 aromatic carbocycles. The first-order valence-corrected chi connectivity index (χ1v) is 4.37. The van der Waals surface area contributed by atoms with Crippen LogP contribution in [-0.2, 0) is 0 Å². The van der Waals surface area contributed by atoms with Crippen LogP contribution in [0.4, 0.5) is 0 Å². The van der Waals surface area contributed by atoms with Gasteiger partial charge in [-0.15, -0.1) is 0 Å². The number of carboxylic acid groups (broad SMARTS) is 1. The van der Waals surface area contributed by atoms with E-state index in [-0.39, 0.29) is 23.8 Å². The molecule has 4 N–H and O–H groups in total. The minimum atomic E-state index is -1.28. The highest BCUT2D eigenvalue weighted by molar-refractivity contribution is 5.91. The highest BCUT2D eigenvalue weighted by atomic mass is 16.4. The van der Waals surface area contributed by atoms with Crippen LogP contribution < -0.4 is 0 Å². The van der Waals surface area contributed by atoms with Crippen molar-refractivity contribution in [2.45, 2.75) is 12.8 Å². The number of aromatic carboxylic acids is 1. The van der Waals surface area contributed by atoms with Gasteiger partial charge in [-0.25, -0.2) is 4.79 Å². The average molecular weight is 212 g/mol. The smallest absolute Gasteiger partial charge is 0.339 e. The van der Waals surface area contributed by atoms with Gasteiger partial charge in [-0.05, 0) is 6.07 Å². The third kappa shape index (κ3) is 2.19. The molecule has 0 aliphatic heterocycles. The van der Waals surface area contributed by atoms with Crippen molar-refractivity contribution in [3.05, 3.63) is 23.3 Å². The SMILES string of the molecule is CC(CO)c1cc(C(=O)O)c(O)cc1O. The zero-order chi connectivity index (χ0) is 11.6. The summed E-state index contributed by atoms with van der Waals surface area (Å²) in [6.45, 7) is 1.43. The van der Waals surface area contributed by atoms with Crippen molar-refractivity contribution < 1.29 is 25.2 Å². The van der Waals surface area contributed by atoms with Crippen LogP contribution in [0, 0.1) is 0 Å². The molecular formula is C10H12O5. The van der Waals surface area contributed by atoms with E-state index in [1.54, 1.807) is 6.92 Å². The van der Waals surface area contributed by atoms with E-state index in [0.717, 1.165) is 12.1 Å². The number of aliphatic hydroxyl groups excluding tert-OH is 1. The van der Waals surface area contributed by atoms with Crippen molar-refractivity contribution in [2.24, 2.45) is 0 Å². The number of rotatable bonds is 3. The maximum Gasteiger partial charge on any atom is 0.339 e. The third-order valence-corrected chi connectivity index (χ3v) is 2.18. The number of hydrogen-bond acceptors (Lipinski definition) is 4. The molecule has 1 rings (SSSR count). The predicted molar refractivity (Wildman–Crippen MR) is 52.2 cm³/mol. The zero-order valence-electron chi connectivity index (χ0n) is 8.14. The van der Waals surface area contributed by atoms with Crippen LogP contribution in [0.25, 0.3) is 0 Å². The molecule has 5 nitrogen and oxygen atoms in total. The third-order valence-electron chi connectivity index (χ3n) is 2.18. The van der Waals surface area contributed by atoms with E-state index in [1.165, 1.54) is 0 Å². The van der Waals surface area contributed by atoms with Crippen molar-refractivity contribution in [3.63, 3.8) is 0 Å². The van der Waals surface area contributed by atoms with Gasteiger partial charge in [0.25, 0.3) is 0 Å². The molecule has 0 fully saturated rings. The van der Waals surface area contributed by atoms with Gasteiger partial charge in [-0.1, -0.05) is 6.92 Å². The van der Waals surface area contributed by atoms with Crippen LogP contribution in [0.3, 0.4) is 0 Å². The van der Waals surface area contributed by atoms with Gasteiger partial charge in [0.2, 0.25) is 0 Å². The van der Waals surface area contributed by atoms with Gasteiger partial charge in [0, 0.05) is 24.2 Å². The van der Waals surface area contributed by atoms with Gasteiger partial charge >= 0.3 is 5.97 Å².